The van der Waals surface area contributed by atoms with Crippen molar-refractivity contribution in [2.45, 2.75) is 64.5 Å². The van der Waals surface area contributed by atoms with Gasteiger partial charge in [-0.15, -0.1) is 24.0 Å². The van der Waals surface area contributed by atoms with Crippen LogP contribution >= 0.6 is 24.0 Å². The van der Waals surface area contributed by atoms with Gasteiger partial charge in [0.15, 0.2) is 5.96 Å². The second kappa shape index (κ2) is 14.0. The third kappa shape index (κ3) is 7.61. The fraction of sp³-hybridized carbons (Fsp3) is 0.680. The van der Waals surface area contributed by atoms with E-state index in [0.29, 0.717) is 11.9 Å². The lowest BCUT2D eigenvalue weighted by Gasteiger charge is -2.31. The van der Waals surface area contributed by atoms with Crippen molar-refractivity contribution in [3.8, 4) is 0 Å². The fourth-order valence-corrected chi connectivity index (χ4v) is 5.07. The van der Waals surface area contributed by atoms with Gasteiger partial charge in [-0.2, -0.15) is 0 Å². The van der Waals surface area contributed by atoms with Gasteiger partial charge in [0, 0.05) is 44.7 Å². The highest BCUT2D eigenvalue weighted by molar-refractivity contribution is 14.0. The zero-order chi connectivity index (χ0) is 22.1. The van der Waals surface area contributed by atoms with Crippen LogP contribution in [0.4, 0.5) is 0 Å². The van der Waals surface area contributed by atoms with Crippen LogP contribution in [-0.4, -0.2) is 73.5 Å². The fourth-order valence-electron chi connectivity index (χ4n) is 5.07. The molecule has 3 rings (SSSR count). The number of likely N-dealkylation sites (N-methyl/N-ethyl adjacent to an activating group) is 1. The van der Waals surface area contributed by atoms with Crippen molar-refractivity contribution in [1.29, 1.82) is 0 Å². The number of hydrogen-bond donors (Lipinski definition) is 2. The van der Waals surface area contributed by atoms with E-state index in [2.05, 4.69) is 69.6 Å². The first-order valence-electron chi connectivity index (χ1n) is 12.2. The maximum absolute atomic E-state index is 12.7. The van der Waals surface area contributed by atoms with Gasteiger partial charge in [0.1, 0.15) is 0 Å². The zero-order valence-electron chi connectivity index (χ0n) is 20.1. The zero-order valence-corrected chi connectivity index (χ0v) is 22.4. The number of rotatable bonds is 9. The van der Waals surface area contributed by atoms with Crippen molar-refractivity contribution in [2.75, 3.05) is 39.8 Å². The lowest BCUT2D eigenvalue weighted by atomic mass is 10.0. The first-order valence-corrected chi connectivity index (χ1v) is 12.2. The molecule has 2 fully saturated rings. The van der Waals surface area contributed by atoms with E-state index in [1.54, 1.807) is 0 Å². The van der Waals surface area contributed by atoms with Gasteiger partial charge in [-0.05, 0) is 44.3 Å². The maximum atomic E-state index is 12.7. The summed E-state index contributed by atoms with van der Waals surface area (Å²) in [6.45, 7) is 9.00. The van der Waals surface area contributed by atoms with E-state index in [-0.39, 0.29) is 35.9 Å². The van der Waals surface area contributed by atoms with Crippen LogP contribution in [-0.2, 0) is 11.2 Å². The van der Waals surface area contributed by atoms with Gasteiger partial charge < -0.3 is 15.5 Å². The number of benzene rings is 1. The molecule has 2 N–H and O–H groups in total. The number of aliphatic imine (C=N–C) groups is 1. The molecular weight excluding hydrogens is 513 g/mol. The van der Waals surface area contributed by atoms with Gasteiger partial charge in [0.25, 0.3) is 0 Å². The molecule has 2 unspecified atom stereocenters. The Labute approximate surface area is 211 Å². The molecule has 1 heterocycles. The molecule has 6 nitrogen and oxygen atoms in total. The van der Waals surface area contributed by atoms with Crippen LogP contribution in [0.1, 0.15) is 51.5 Å². The quantitative estimate of drug-likeness (QED) is 0.278. The van der Waals surface area contributed by atoms with E-state index in [1.165, 1.54) is 18.4 Å². The Balaban J connectivity index is 0.00000363. The van der Waals surface area contributed by atoms with Gasteiger partial charge in [-0.1, -0.05) is 57.0 Å². The van der Waals surface area contributed by atoms with E-state index in [4.69, 9.17) is 0 Å². The molecule has 1 saturated heterocycles. The normalized spacial score (nSPS) is 20.3. The van der Waals surface area contributed by atoms with Crippen LogP contribution in [0.25, 0.3) is 0 Å². The van der Waals surface area contributed by atoms with Crippen molar-refractivity contribution in [3.63, 3.8) is 0 Å². The van der Waals surface area contributed by atoms with E-state index in [9.17, 15) is 4.79 Å². The summed E-state index contributed by atoms with van der Waals surface area (Å²) < 4.78 is 0. The molecule has 2 aliphatic rings. The molecule has 0 spiro atoms. The molecule has 0 aromatic heterocycles. The summed E-state index contributed by atoms with van der Waals surface area (Å²) in [5.74, 6) is 1.48. The maximum Gasteiger partial charge on any atom is 0.225 e. The molecule has 0 radical (unpaired) electrons. The molecule has 32 heavy (non-hydrogen) atoms. The Morgan fingerprint density at radius 2 is 1.84 bits per heavy atom. The average Bonchev–Trinajstić information content (AvgIpc) is 3.50. The Bertz CT molecular complexity index is 704. The molecule has 1 aliphatic heterocycles. The average molecular weight is 556 g/mol. The third-order valence-electron chi connectivity index (χ3n) is 6.92. The predicted molar refractivity (Wildman–Crippen MR) is 144 cm³/mol. The standard InChI is InChI=1S/C25H41N5O.HI/c1-4-29(5-2)23(17-20-11-7-6-8-12-20)18-27-25(26-3)28-22-15-16-30(19-22)24(31)21-13-9-10-14-21;/h6-8,11-12,21-23H,4-5,9-10,13-19H2,1-3H3,(H2,26,27,28);1H. The van der Waals surface area contributed by atoms with Crippen molar-refractivity contribution >= 4 is 35.8 Å². The molecular formula is C25H42IN5O. The van der Waals surface area contributed by atoms with Crippen LogP contribution in [0, 0.1) is 5.92 Å². The second-order valence-electron chi connectivity index (χ2n) is 8.91. The molecule has 7 heteroatoms. The second-order valence-corrected chi connectivity index (χ2v) is 8.91. The summed E-state index contributed by atoms with van der Waals surface area (Å²) >= 11 is 0. The first kappa shape index (κ1) is 26.9. The van der Waals surface area contributed by atoms with E-state index in [1.807, 2.05) is 7.05 Å². The van der Waals surface area contributed by atoms with Gasteiger partial charge >= 0.3 is 0 Å². The Morgan fingerprint density at radius 3 is 2.47 bits per heavy atom. The summed E-state index contributed by atoms with van der Waals surface area (Å²) in [5, 5.41) is 7.12. The minimum absolute atomic E-state index is 0. The summed E-state index contributed by atoms with van der Waals surface area (Å²) in [5.41, 5.74) is 1.36. The number of nitrogens with zero attached hydrogens (tertiary/aromatic N) is 3. The van der Waals surface area contributed by atoms with Crippen molar-refractivity contribution < 1.29 is 4.79 Å². The molecule has 1 aliphatic carbocycles. The SMILES string of the molecule is CCN(CC)C(CNC(=NC)NC1CCN(C(=O)C2CCCC2)C1)Cc1ccccc1.I. The van der Waals surface area contributed by atoms with Crippen LogP contribution in [0.5, 0.6) is 0 Å². The smallest absolute Gasteiger partial charge is 0.225 e. The Morgan fingerprint density at radius 1 is 1.16 bits per heavy atom. The molecule has 0 bridgehead atoms. The summed E-state index contributed by atoms with van der Waals surface area (Å²) in [4.78, 5) is 21.8. The first-order chi connectivity index (χ1) is 15.1. The number of carbonyl (C=O) groups excluding carboxylic acids is 1. The minimum atomic E-state index is 0. The Hall–Kier alpha value is -1.35. The lowest BCUT2D eigenvalue weighted by molar-refractivity contribution is -0.134. The molecule has 1 aromatic rings. The van der Waals surface area contributed by atoms with Gasteiger partial charge in [-0.3, -0.25) is 14.7 Å². The molecule has 1 aromatic carbocycles. The summed E-state index contributed by atoms with van der Waals surface area (Å²) in [6.07, 6.45) is 6.57. The van der Waals surface area contributed by atoms with Crippen LogP contribution in [0.15, 0.2) is 35.3 Å². The number of nitrogens with one attached hydrogen (secondary N) is 2. The number of amides is 1. The number of halogens is 1. The predicted octanol–water partition coefficient (Wildman–Crippen LogP) is 3.51. The minimum Gasteiger partial charge on any atom is -0.355 e. The number of hydrogen-bond acceptors (Lipinski definition) is 3. The third-order valence-corrected chi connectivity index (χ3v) is 6.92. The molecule has 180 valence electrons. The van der Waals surface area contributed by atoms with Gasteiger partial charge in [0.05, 0.1) is 0 Å². The van der Waals surface area contributed by atoms with Crippen LogP contribution in [0.2, 0.25) is 0 Å². The van der Waals surface area contributed by atoms with Crippen molar-refractivity contribution in [3.05, 3.63) is 35.9 Å². The highest BCUT2D eigenvalue weighted by Gasteiger charge is 2.32. The van der Waals surface area contributed by atoms with Crippen LogP contribution < -0.4 is 10.6 Å². The van der Waals surface area contributed by atoms with E-state index in [0.717, 1.165) is 64.4 Å². The molecule has 1 saturated carbocycles. The van der Waals surface area contributed by atoms with Gasteiger partial charge in [0.2, 0.25) is 5.91 Å². The summed E-state index contributed by atoms with van der Waals surface area (Å²) in [7, 11) is 1.83. The van der Waals surface area contributed by atoms with Crippen molar-refractivity contribution in [1.82, 2.24) is 20.4 Å². The monoisotopic (exact) mass is 555 g/mol. The highest BCUT2D eigenvalue weighted by Crippen LogP contribution is 2.27. The largest absolute Gasteiger partial charge is 0.355 e. The topological polar surface area (TPSA) is 60.0 Å². The van der Waals surface area contributed by atoms with Crippen LogP contribution in [0.3, 0.4) is 0 Å². The lowest BCUT2D eigenvalue weighted by Crippen LogP contribution is -2.50. The molecule has 2 atom stereocenters. The highest BCUT2D eigenvalue weighted by atomic mass is 127. The molecule has 1 amide bonds. The van der Waals surface area contributed by atoms with Crippen molar-refractivity contribution in [2.24, 2.45) is 10.9 Å². The summed E-state index contributed by atoms with van der Waals surface area (Å²) in [6, 6.07) is 11.4. The number of likely N-dealkylation sites (tertiary alicyclic amines) is 1. The van der Waals surface area contributed by atoms with E-state index < -0.39 is 0 Å². The van der Waals surface area contributed by atoms with Gasteiger partial charge in [-0.25, -0.2) is 0 Å². The Kier molecular flexibility index (Phi) is 11.8. The number of guanidine groups is 1. The van der Waals surface area contributed by atoms with E-state index >= 15 is 0 Å². The number of carbonyl (C=O) groups is 1.